The van der Waals surface area contributed by atoms with Crippen molar-refractivity contribution in [2.24, 2.45) is 5.92 Å². The monoisotopic (exact) mass is 377 g/mol. The molecule has 0 atom stereocenters. The summed E-state index contributed by atoms with van der Waals surface area (Å²) in [5, 5.41) is 5.64. The van der Waals surface area contributed by atoms with E-state index in [1.807, 2.05) is 0 Å². The van der Waals surface area contributed by atoms with Crippen LogP contribution in [0.25, 0.3) is 0 Å². The summed E-state index contributed by atoms with van der Waals surface area (Å²) in [4.78, 5) is 38.4. The third-order valence-electron chi connectivity index (χ3n) is 4.98. The molecule has 2 rings (SSSR count). The Morgan fingerprint density at radius 1 is 1.15 bits per heavy atom. The molecule has 0 radical (unpaired) electrons. The molecule has 0 spiro atoms. The zero-order valence-corrected chi connectivity index (χ0v) is 16.6. The van der Waals surface area contributed by atoms with Gasteiger partial charge >= 0.3 is 0 Å². The lowest BCUT2D eigenvalue weighted by Crippen LogP contribution is -2.46. The Hall–Kier alpha value is -2.31. The Morgan fingerprint density at radius 3 is 2.44 bits per heavy atom. The summed E-state index contributed by atoms with van der Waals surface area (Å²) >= 11 is 0. The number of rotatable bonds is 8. The number of nitrogens with zero attached hydrogens (tertiary/aromatic N) is 1. The van der Waals surface area contributed by atoms with Crippen molar-refractivity contribution in [3.8, 4) is 0 Å². The summed E-state index contributed by atoms with van der Waals surface area (Å²) < 4.78 is 5.34. The van der Waals surface area contributed by atoms with E-state index in [9.17, 15) is 14.4 Å². The molecule has 150 valence electrons. The molecule has 1 aromatic rings. The average Bonchev–Trinajstić information content (AvgIpc) is 3.01. The van der Waals surface area contributed by atoms with Crippen molar-refractivity contribution in [3.05, 3.63) is 23.2 Å². The topological polar surface area (TPSA) is 91.7 Å². The minimum absolute atomic E-state index is 0.0261. The van der Waals surface area contributed by atoms with Gasteiger partial charge in [0.25, 0.3) is 5.91 Å². The number of unbranched alkanes of at least 4 members (excludes halogenated alkanes) is 2. The number of nitrogens with one attached hydrogen (secondary N) is 2. The van der Waals surface area contributed by atoms with Gasteiger partial charge in [-0.1, -0.05) is 19.8 Å². The van der Waals surface area contributed by atoms with E-state index in [1.54, 1.807) is 24.8 Å². The number of furan rings is 1. The van der Waals surface area contributed by atoms with Crippen LogP contribution in [-0.4, -0.2) is 48.8 Å². The van der Waals surface area contributed by atoms with Gasteiger partial charge in [0, 0.05) is 25.6 Å². The van der Waals surface area contributed by atoms with E-state index in [2.05, 4.69) is 17.6 Å². The van der Waals surface area contributed by atoms with Gasteiger partial charge in [0.05, 0.1) is 12.1 Å². The van der Waals surface area contributed by atoms with E-state index >= 15 is 0 Å². The van der Waals surface area contributed by atoms with Crippen LogP contribution >= 0.6 is 0 Å². The third-order valence-corrected chi connectivity index (χ3v) is 4.98. The van der Waals surface area contributed by atoms with E-state index in [0.717, 1.165) is 25.8 Å². The van der Waals surface area contributed by atoms with Gasteiger partial charge in [0.1, 0.15) is 11.5 Å². The van der Waals surface area contributed by atoms with Crippen molar-refractivity contribution in [1.82, 2.24) is 15.5 Å². The lowest BCUT2D eigenvalue weighted by Gasteiger charge is -2.31. The molecule has 0 bridgehead atoms. The quantitative estimate of drug-likeness (QED) is 0.679. The first-order valence-electron chi connectivity index (χ1n) is 9.83. The fraction of sp³-hybridized carbons (Fsp3) is 0.650. The molecule has 0 aromatic carbocycles. The Morgan fingerprint density at radius 2 is 1.85 bits per heavy atom. The van der Waals surface area contributed by atoms with Gasteiger partial charge in [-0.3, -0.25) is 14.4 Å². The zero-order chi connectivity index (χ0) is 19.8. The molecule has 7 heteroatoms. The molecule has 7 nitrogen and oxygen atoms in total. The molecule has 1 fully saturated rings. The van der Waals surface area contributed by atoms with Gasteiger partial charge < -0.3 is 20.0 Å². The van der Waals surface area contributed by atoms with Gasteiger partial charge in [0.15, 0.2) is 0 Å². The molecule has 1 aromatic heterocycles. The highest BCUT2D eigenvalue weighted by atomic mass is 16.3. The second-order valence-electron chi connectivity index (χ2n) is 7.16. The smallest absolute Gasteiger partial charge is 0.255 e. The summed E-state index contributed by atoms with van der Waals surface area (Å²) in [5.74, 6) is 0.850. The first kappa shape index (κ1) is 21.0. The molecule has 27 heavy (non-hydrogen) atoms. The minimum Gasteiger partial charge on any atom is -0.466 e. The number of piperidine rings is 1. The second kappa shape index (κ2) is 10.1. The van der Waals surface area contributed by atoms with Gasteiger partial charge in [-0.25, -0.2) is 0 Å². The molecule has 2 N–H and O–H groups in total. The van der Waals surface area contributed by atoms with Crippen LogP contribution in [0, 0.1) is 19.8 Å². The number of hydrogen-bond acceptors (Lipinski definition) is 4. The Bertz CT molecular complexity index is 660. The summed E-state index contributed by atoms with van der Waals surface area (Å²) in [6, 6.07) is 1.67. The number of carbonyl (C=O) groups is 3. The van der Waals surface area contributed by atoms with Crippen molar-refractivity contribution in [2.75, 3.05) is 26.2 Å². The van der Waals surface area contributed by atoms with Crippen LogP contribution in [0.2, 0.25) is 0 Å². The Kier molecular flexibility index (Phi) is 7.88. The average molecular weight is 377 g/mol. The zero-order valence-electron chi connectivity index (χ0n) is 16.6. The maximum atomic E-state index is 12.3. The van der Waals surface area contributed by atoms with Crippen molar-refractivity contribution < 1.29 is 18.8 Å². The number of aryl methyl sites for hydroxylation is 2. The van der Waals surface area contributed by atoms with Crippen molar-refractivity contribution in [2.45, 2.75) is 52.9 Å². The van der Waals surface area contributed by atoms with Crippen LogP contribution < -0.4 is 10.6 Å². The van der Waals surface area contributed by atoms with Crippen molar-refractivity contribution in [3.63, 3.8) is 0 Å². The van der Waals surface area contributed by atoms with E-state index < -0.39 is 0 Å². The largest absolute Gasteiger partial charge is 0.466 e. The van der Waals surface area contributed by atoms with Crippen LogP contribution in [0.5, 0.6) is 0 Å². The first-order valence-corrected chi connectivity index (χ1v) is 9.83. The molecular weight excluding hydrogens is 346 g/mol. The maximum absolute atomic E-state index is 12.3. The third kappa shape index (κ3) is 6.12. The number of hydrogen-bond donors (Lipinski definition) is 2. The second-order valence-corrected chi connectivity index (χ2v) is 7.16. The normalized spacial score (nSPS) is 14.9. The molecule has 0 aliphatic carbocycles. The highest BCUT2D eigenvalue weighted by Gasteiger charge is 2.27. The number of likely N-dealkylation sites (tertiary alicyclic amines) is 1. The standard InChI is InChI=1S/C20H31N3O4/c1-4-5-6-9-21-19(25)16-7-10-23(11-8-16)18(24)13-22-20(26)17-12-14(2)27-15(17)3/h12,16H,4-11,13H2,1-3H3,(H,21,25)(H,22,26). The minimum atomic E-state index is -0.306. The fourth-order valence-corrected chi connectivity index (χ4v) is 3.34. The SMILES string of the molecule is CCCCCNC(=O)C1CCN(C(=O)CNC(=O)c2cc(C)oc2C)CC1. The molecular formula is C20H31N3O4. The molecule has 1 aliphatic rings. The van der Waals surface area contributed by atoms with Crippen LogP contribution in [-0.2, 0) is 9.59 Å². The van der Waals surface area contributed by atoms with Crippen LogP contribution in [0.3, 0.4) is 0 Å². The van der Waals surface area contributed by atoms with Gasteiger partial charge in [-0.15, -0.1) is 0 Å². The summed E-state index contributed by atoms with van der Waals surface area (Å²) in [6.45, 7) is 7.41. The number of carbonyl (C=O) groups excluding carboxylic acids is 3. The molecule has 1 saturated heterocycles. The molecule has 2 heterocycles. The summed E-state index contributed by atoms with van der Waals surface area (Å²) in [5.41, 5.74) is 0.457. The van der Waals surface area contributed by atoms with E-state index in [-0.39, 0.29) is 30.2 Å². The van der Waals surface area contributed by atoms with E-state index in [1.165, 1.54) is 0 Å². The highest BCUT2D eigenvalue weighted by Crippen LogP contribution is 2.18. The van der Waals surface area contributed by atoms with E-state index in [4.69, 9.17) is 4.42 Å². The summed E-state index contributed by atoms with van der Waals surface area (Å²) in [6.07, 6.45) is 4.59. The molecule has 1 aliphatic heterocycles. The lowest BCUT2D eigenvalue weighted by atomic mass is 9.96. The first-order chi connectivity index (χ1) is 12.9. The predicted octanol–water partition coefficient (Wildman–Crippen LogP) is 2.17. The molecule has 0 unspecified atom stereocenters. The Labute approximate surface area is 160 Å². The number of amides is 3. The van der Waals surface area contributed by atoms with Gasteiger partial charge in [-0.2, -0.15) is 0 Å². The highest BCUT2D eigenvalue weighted by molar-refractivity contribution is 5.97. The van der Waals surface area contributed by atoms with Gasteiger partial charge in [-0.05, 0) is 39.2 Å². The maximum Gasteiger partial charge on any atom is 0.255 e. The Balaban J connectivity index is 1.71. The predicted molar refractivity (Wildman–Crippen MR) is 102 cm³/mol. The van der Waals surface area contributed by atoms with Gasteiger partial charge in [0.2, 0.25) is 11.8 Å². The molecule has 0 saturated carbocycles. The van der Waals surface area contributed by atoms with Crippen LogP contribution in [0.4, 0.5) is 0 Å². The fourth-order valence-electron chi connectivity index (χ4n) is 3.34. The lowest BCUT2D eigenvalue weighted by molar-refractivity contribution is -0.134. The van der Waals surface area contributed by atoms with Crippen LogP contribution in [0.1, 0.15) is 60.9 Å². The summed E-state index contributed by atoms with van der Waals surface area (Å²) in [7, 11) is 0. The van der Waals surface area contributed by atoms with Crippen molar-refractivity contribution in [1.29, 1.82) is 0 Å². The van der Waals surface area contributed by atoms with E-state index in [0.29, 0.717) is 43.0 Å². The van der Waals surface area contributed by atoms with Crippen LogP contribution in [0.15, 0.2) is 10.5 Å². The molecule has 3 amide bonds. The van der Waals surface area contributed by atoms with Crippen molar-refractivity contribution >= 4 is 17.7 Å².